The minimum Gasteiger partial charge on any atom is -0.350 e. The number of benzene rings is 1. The summed E-state index contributed by atoms with van der Waals surface area (Å²) < 4.78 is 1.96. The fourth-order valence-electron chi connectivity index (χ4n) is 3.22. The summed E-state index contributed by atoms with van der Waals surface area (Å²) >= 11 is 0. The van der Waals surface area contributed by atoms with E-state index in [1.54, 1.807) is 19.0 Å². The van der Waals surface area contributed by atoms with E-state index in [9.17, 15) is 4.79 Å². The first-order valence-corrected chi connectivity index (χ1v) is 9.68. The third-order valence-electron chi connectivity index (χ3n) is 4.82. The molecule has 28 heavy (non-hydrogen) atoms. The second-order valence-corrected chi connectivity index (χ2v) is 7.31. The molecule has 0 aliphatic carbocycles. The number of aryl methyl sites for hydroxylation is 2. The first-order valence-electron chi connectivity index (χ1n) is 9.68. The van der Waals surface area contributed by atoms with Gasteiger partial charge in [0.1, 0.15) is 18.2 Å². The number of aromatic nitrogens is 3. The first-order chi connectivity index (χ1) is 13.4. The highest BCUT2D eigenvalue weighted by Crippen LogP contribution is 2.23. The number of carbonyl (C=O) groups excluding carboxylic acids is 1. The molecule has 0 saturated carbocycles. The lowest BCUT2D eigenvalue weighted by Crippen LogP contribution is -2.43. The Balaban J connectivity index is 1.78. The van der Waals surface area contributed by atoms with Gasteiger partial charge < -0.3 is 15.5 Å². The van der Waals surface area contributed by atoms with Crippen LogP contribution in [0.4, 0.5) is 0 Å². The highest BCUT2D eigenvalue weighted by atomic mass is 16.2. The average molecular weight is 384 g/mol. The zero-order valence-corrected chi connectivity index (χ0v) is 17.0. The molecule has 1 aliphatic rings. The van der Waals surface area contributed by atoms with Gasteiger partial charge in [-0.1, -0.05) is 30.3 Å². The third kappa shape index (κ3) is 4.88. The Bertz CT molecular complexity index is 828. The summed E-state index contributed by atoms with van der Waals surface area (Å²) in [7, 11) is 3.47. The van der Waals surface area contributed by atoms with E-state index in [1.165, 1.54) is 0 Å². The lowest BCUT2D eigenvalue weighted by atomic mass is 10.1. The van der Waals surface area contributed by atoms with Crippen molar-refractivity contribution in [2.45, 2.75) is 45.3 Å². The molecule has 1 aromatic heterocycles. The van der Waals surface area contributed by atoms with Crippen LogP contribution in [0.25, 0.3) is 0 Å². The predicted molar refractivity (Wildman–Crippen MR) is 109 cm³/mol. The van der Waals surface area contributed by atoms with Gasteiger partial charge in [0.2, 0.25) is 5.91 Å². The quantitative estimate of drug-likeness (QED) is 0.607. The number of amides is 1. The lowest BCUT2D eigenvalue weighted by Gasteiger charge is -2.26. The normalized spacial score (nSPS) is 17.6. The molecular weight excluding hydrogens is 354 g/mol. The van der Waals surface area contributed by atoms with Crippen molar-refractivity contribution in [1.82, 2.24) is 30.3 Å². The number of likely N-dealkylation sites (N-methyl/N-ethyl adjacent to an activating group) is 1. The van der Waals surface area contributed by atoms with Crippen molar-refractivity contribution in [3.63, 3.8) is 0 Å². The summed E-state index contributed by atoms with van der Waals surface area (Å²) in [5.74, 6) is 2.25. The number of nitrogens with one attached hydrogen (secondary N) is 2. The van der Waals surface area contributed by atoms with Crippen LogP contribution < -0.4 is 10.6 Å². The largest absolute Gasteiger partial charge is 0.350 e. The van der Waals surface area contributed by atoms with Crippen LogP contribution >= 0.6 is 0 Å². The van der Waals surface area contributed by atoms with E-state index in [4.69, 9.17) is 0 Å². The van der Waals surface area contributed by atoms with E-state index in [1.807, 2.05) is 29.8 Å². The zero-order chi connectivity index (χ0) is 20.1. The Kier molecular flexibility index (Phi) is 6.28. The standard InChI is InChI=1S/C20H29N7O/c1-14(16-9-6-5-7-10-16)22-20(21-13-18(28)26(3)4)24-17-11-8-12-27-19(17)23-15(2)25-27/h5-7,9-10,14,17H,8,11-13H2,1-4H3,(H2,21,22,24). The first kappa shape index (κ1) is 19.9. The molecule has 1 aromatic carbocycles. The Hall–Kier alpha value is -2.90. The summed E-state index contributed by atoms with van der Waals surface area (Å²) in [5.41, 5.74) is 1.15. The maximum atomic E-state index is 12.0. The number of hydrogen-bond acceptors (Lipinski definition) is 4. The van der Waals surface area contributed by atoms with Gasteiger partial charge in [0.25, 0.3) is 0 Å². The van der Waals surface area contributed by atoms with Gasteiger partial charge in [-0.25, -0.2) is 14.7 Å². The van der Waals surface area contributed by atoms with E-state index in [2.05, 4.69) is 44.8 Å². The monoisotopic (exact) mass is 383 g/mol. The molecule has 0 radical (unpaired) electrons. The number of hydrogen-bond donors (Lipinski definition) is 2. The third-order valence-corrected chi connectivity index (χ3v) is 4.82. The predicted octanol–water partition coefficient (Wildman–Crippen LogP) is 1.81. The molecule has 1 aliphatic heterocycles. The van der Waals surface area contributed by atoms with Gasteiger partial charge in [-0.05, 0) is 32.3 Å². The highest BCUT2D eigenvalue weighted by molar-refractivity contribution is 5.85. The van der Waals surface area contributed by atoms with Crippen molar-refractivity contribution in [2.24, 2.45) is 4.99 Å². The molecule has 2 heterocycles. The van der Waals surface area contributed by atoms with Crippen LogP contribution in [-0.2, 0) is 11.3 Å². The van der Waals surface area contributed by atoms with Crippen molar-refractivity contribution in [1.29, 1.82) is 0 Å². The van der Waals surface area contributed by atoms with Crippen LogP contribution in [0.2, 0.25) is 0 Å². The molecule has 0 saturated heterocycles. The molecular formula is C20H29N7O. The number of fused-ring (bicyclic) bond motifs is 1. The van der Waals surface area contributed by atoms with Crippen LogP contribution in [0, 0.1) is 6.92 Å². The minimum absolute atomic E-state index is 0.0126. The van der Waals surface area contributed by atoms with Gasteiger partial charge >= 0.3 is 0 Å². The molecule has 150 valence electrons. The minimum atomic E-state index is -0.0453. The Morgan fingerprint density at radius 2 is 2.11 bits per heavy atom. The molecule has 2 aromatic rings. The number of guanidine groups is 1. The smallest absolute Gasteiger partial charge is 0.243 e. The SMILES string of the molecule is Cc1nc2n(n1)CCCC2NC(=NCC(=O)N(C)C)NC(C)c1ccccc1. The van der Waals surface area contributed by atoms with Gasteiger partial charge in [-0.15, -0.1) is 0 Å². The van der Waals surface area contributed by atoms with Crippen LogP contribution in [0.1, 0.15) is 49.1 Å². The summed E-state index contributed by atoms with van der Waals surface area (Å²) in [5, 5.41) is 11.3. The number of carbonyl (C=O) groups is 1. The molecule has 2 atom stereocenters. The molecule has 8 heteroatoms. The summed E-state index contributed by atoms with van der Waals surface area (Å²) in [4.78, 5) is 22.7. The van der Waals surface area contributed by atoms with Gasteiger partial charge in [-0.3, -0.25) is 4.79 Å². The van der Waals surface area contributed by atoms with Crippen molar-refractivity contribution >= 4 is 11.9 Å². The van der Waals surface area contributed by atoms with Crippen molar-refractivity contribution in [3.05, 3.63) is 47.5 Å². The average Bonchev–Trinajstić information content (AvgIpc) is 3.07. The van der Waals surface area contributed by atoms with Crippen molar-refractivity contribution in [2.75, 3.05) is 20.6 Å². The van der Waals surface area contributed by atoms with Crippen molar-refractivity contribution < 1.29 is 4.79 Å². The maximum Gasteiger partial charge on any atom is 0.243 e. The van der Waals surface area contributed by atoms with E-state index >= 15 is 0 Å². The number of rotatable bonds is 5. The van der Waals surface area contributed by atoms with Gasteiger partial charge in [0, 0.05) is 20.6 Å². The molecule has 3 rings (SSSR count). The van der Waals surface area contributed by atoms with Gasteiger partial charge in [0.05, 0.1) is 12.1 Å². The fraction of sp³-hybridized carbons (Fsp3) is 0.500. The van der Waals surface area contributed by atoms with Crippen LogP contribution in [0.3, 0.4) is 0 Å². The summed E-state index contributed by atoms with van der Waals surface area (Å²) in [6.45, 7) is 4.95. The summed E-state index contributed by atoms with van der Waals surface area (Å²) in [6.07, 6.45) is 1.96. The van der Waals surface area contributed by atoms with Crippen LogP contribution in [-0.4, -0.2) is 52.2 Å². The maximum absolute atomic E-state index is 12.0. The number of aliphatic imine (C=N–C) groups is 1. The number of nitrogens with zero attached hydrogens (tertiary/aromatic N) is 5. The lowest BCUT2D eigenvalue weighted by molar-refractivity contribution is -0.127. The molecule has 0 spiro atoms. The van der Waals surface area contributed by atoms with Crippen LogP contribution in [0.15, 0.2) is 35.3 Å². The Morgan fingerprint density at radius 3 is 2.82 bits per heavy atom. The van der Waals surface area contributed by atoms with Crippen molar-refractivity contribution in [3.8, 4) is 0 Å². The second kappa shape index (κ2) is 8.86. The van der Waals surface area contributed by atoms with E-state index in [0.717, 1.165) is 36.6 Å². The zero-order valence-electron chi connectivity index (χ0n) is 17.0. The topological polar surface area (TPSA) is 87.4 Å². The molecule has 0 fully saturated rings. The van der Waals surface area contributed by atoms with Gasteiger partial charge in [0.15, 0.2) is 5.96 Å². The molecule has 8 nitrogen and oxygen atoms in total. The second-order valence-electron chi connectivity index (χ2n) is 7.31. The molecule has 2 N–H and O–H groups in total. The fourth-order valence-corrected chi connectivity index (χ4v) is 3.22. The molecule has 2 unspecified atom stereocenters. The Morgan fingerprint density at radius 1 is 1.36 bits per heavy atom. The van der Waals surface area contributed by atoms with E-state index in [-0.39, 0.29) is 24.5 Å². The summed E-state index contributed by atoms with van der Waals surface area (Å²) in [6, 6.07) is 10.2. The van der Waals surface area contributed by atoms with Gasteiger partial charge in [-0.2, -0.15) is 5.10 Å². The Labute approximate surface area is 166 Å². The molecule has 0 bridgehead atoms. The molecule has 1 amide bonds. The van der Waals surface area contributed by atoms with Crippen LogP contribution in [0.5, 0.6) is 0 Å². The highest BCUT2D eigenvalue weighted by Gasteiger charge is 2.25. The van der Waals surface area contributed by atoms with E-state index < -0.39 is 0 Å². The van der Waals surface area contributed by atoms with E-state index in [0.29, 0.717) is 5.96 Å².